The van der Waals surface area contributed by atoms with Gasteiger partial charge in [0.2, 0.25) is 0 Å². The largest absolute Gasteiger partial charge is 0.335 e. The average molecular weight is 464 g/mol. The van der Waals surface area contributed by atoms with Crippen molar-refractivity contribution in [1.29, 1.82) is 0 Å². The molecule has 1 aromatic heterocycles. The van der Waals surface area contributed by atoms with E-state index in [1.165, 1.54) is 29.5 Å². The highest BCUT2D eigenvalue weighted by molar-refractivity contribution is 7.98. The second-order valence-electron chi connectivity index (χ2n) is 7.91. The number of halogens is 1. The Hall–Kier alpha value is -3.19. The zero-order valence-corrected chi connectivity index (χ0v) is 19.4. The highest BCUT2D eigenvalue weighted by Gasteiger charge is 2.27. The molecule has 0 N–H and O–H groups in total. The minimum absolute atomic E-state index is 0.00155. The van der Waals surface area contributed by atoms with E-state index in [-0.39, 0.29) is 17.6 Å². The van der Waals surface area contributed by atoms with Crippen LogP contribution in [0.25, 0.3) is 0 Å². The molecule has 2 heterocycles. The Balaban J connectivity index is 1.37. The van der Waals surface area contributed by atoms with Gasteiger partial charge in [0.25, 0.3) is 11.8 Å². The fourth-order valence-corrected chi connectivity index (χ4v) is 4.69. The van der Waals surface area contributed by atoms with E-state index in [9.17, 15) is 14.0 Å². The predicted octanol–water partition coefficient (Wildman–Crippen LogP) is 4.67. The summed E-state index contributed by atoms with van der Waals surface area (Å²) in [5.74, 6) is 0.246. The lowest BCUT2D eigenvalue weighted by atomic mass is 10.1. The van der Waals surface area contributed by atoms with Crippen molar-refractivity contribution in [2.45, 2.75) is 24.1 Å². The van der Waals surface area contributed by atoms with Crippen LogP contribution in [0.3, 0.4) is 0 Å². The molecule has 0 aliphatic carbocycles. The van der Waals surface area contributed by atoms with Crippen molar-refractivity contribution in [3.63, 3.8) is 0 Å². The number of nitrogens with zero attached hydrogens (tertiary/aromatic N) is 3. The second-order valence-corrected chi connectivity index (χ2v) is 8.87. The number of piperazine rings is 1. The van der Waals surface area contributed by atoms with Gasteiger partial charge in [0.05, 0.1) is 5.56 Å². The van der Waals surface area contributed by atoms with Gasteiger partial charge in [0.15, 0.2) is 0 Å². The summed E-state index contributed by atoms with van der Waals surface area (Å²) in [6.45, 7) is 4.04. The number of amides is 2. The van der Waals surface area contributed by atoms with Crippen molar-refractivity contribution in [3.8, 4) is 0 Å². The normalized spacial score (nSPS) is 13.8. The van der Waals surface area contributed by atoms with Gasteiger partial charge in [0, 0.05) is 43.7 Å². The molecule has 1 fully saturated rings. The molecule has 3 aromatic rings. The third kappa shape index (κ3) is 5.60. The molecule has 5 nitrogen and oxygen atoms in total. The van der Waals surface area contributed by atoms with Crippen LogP contribution in [0.2, 0.25) is 0 Å². The summed E-state index contributed by atoms with van der Waals surface area (Å²) in [6, 6.07) is 17.6. The fraction of sp³-hybridized carbons (Fsp3) is 0.269. The molecule has 170 valence electrons. The van der Waals surface area contributed by atoms with Gasteiger partial charge >= 0.3 is 0 Å². The number of thioether (sulfide) groups is 1. The van der Waals surface area contributed by atoms with Crippen LogP contribution in [0.1, 0.15) is 38.8 Å². The Morgan fingerprint density at radius 1 is 0.879 bits per heavy atom. The van der Waals surface area contributed by atoms with E-state index in [0.717, 1.165) is 12.0 Å². The highest BCUT2D eigenvalue weighted by Crippen LogP contribution is 2.26. The van der Waals surface area contributed by atoms with Gasteiger partial charge in [0.1, 0.15) is 10.8 Å². The number of hydrogen-bond acceptors (Lipinski definition) is 4. The summed E-state index contributed by atoms with van der Waals surface area (Å²) in [6.07, 6.45) is 2.61. The van der Waals surface area contributed by atoms with Crippen LogP contribution in [0.15, 0.2) is 71.9 Å². The first-order valence-electron chi connectivity index (χ1n) is 11.0. The summed E-state index contributed by atoms with van der Waals surface area (Å²) in [7, 11) is 0. The maximum Gasteiger partial charge on any atom is 0.256 e. The van der Waals surface area contributed by atoms with Crippen molar-refractivity contribution in [1.82, 2.24) is 14.8 Å². The van der Waals surface area contributed by atoms with Gasteiger partial charge in [-0.15, -0.1) is 11.8 Å². The van der Waals surface area contributed by atoms with Crippen LogP contribution in [0, 0.1) is 5.82 Å². The number of rotatable bonds is 6. The average Bonchev–Trinajstić information content (AvgIpc) is 2.88. The maximum absolute atomic E-state index is 13.2. The molecule has 0 atom stereocenters. The highest BCUT2D eigenvalue weighted by atomic mass is 32.2. The molecule has 0 bridgehead atoms. The maximum atomic E-state index is 13.2. The Morgan fingerprint density at radius 2 is 1.48 bits per heavy atom. The first-order valence-corrected chi connectivity index (χ1v) is 12.0. The zero-order chi connectivity index (χ0) is 23.2. The van der Waals surface area contributed by atoms with Crippen LogP contribution in [-0.4, -0.2) is 52.8 Å². The summed E-state index contributed by atoms with van der Waals surface area (Å²) in [5.41, 5.74) is 3.40. The summed E-state index contributed by atoms with van der Waals surface area (Å²) >= 11 is 1.46. The minimum Gasteiger partial charge on any atom is -0.335 e. The van der Waals surface area contributed by atoms with Crippen LogP contribution in [-0.2, 0) is 12.2 Å². The molecular formula is C26H26FN3O2S. The smallest absolute Gasteiger partial charge is 0.256 e. The van der Waals surface area contributed by atoms with E-state index < -0.39 is 0 Å². The van der Waals surface area contributed by atoms with Crippen LogP contribution >= 0.6 is 11.8 Å². The number of aromatic nitrogens is 1. The summed E-state index contributed by atoms with van der Waals surface area (Å²) in [5, 5.41) is 0.654. The molecule has 33 heavy (non-hydrogen) atoms. The van der Waals surface area contributed by atoms with E-state index in [0.29, 0.717) is 48.1 Å². The number of hydrogen-bond donors (Lipinski definition) is 0. The molecule has 7 heteroatoms. The van der Waals surface area contributed by atoms with Gasteiger partial charge in [-0.05, 0) is 53.9 Å². The molecule has 0 spiro atoms. The fourth-order valence-electron chi connectivity index (χ4n) is 3.75. The Bertz CT molecular complexity index is 1110. The van der Waals surface area contributed by atoms with Crippen LogP contribution in [0.5, 0.6) is 0 Å². The Labute approximate surface area is 197 Å². The monoisotopic (exact) mass is 463 g/mol. The lowest BCUT2D eigenvalue weighted by Gasteiger charge is -2.35. The molecular weight excluding hydrogens is 437 g/mol. The molecule has 2 amide bonds. The van der Waals surface area contributed by atoms with Gasteiger partial charge in [-0.3, -0.25) is 9.59 Å². The SMILES string of the molecule is CCc1ccc(C(=O)N2CCN(C(=O)c3cccnc3SCc3ccc(F)cc3)CC2)cc1. The van der Waals surface area contributed by atoms with Crippen molar-refractivity contribution < 1.29 is 14.0 Å². The minimum atomic E-state index is -0.270. The quantitative estimate of drug-likeness (QED) is 0.499. The van der Waals surface area contributed by atoms with Crippen molar-refractivity contribution in [2.24, 2.45) is 0 Å². The van der Waals surface area contributed by atoms with Gasteiger partial charge in [-0.2, -0.15) is 0 Å². The van der Waals surface area contributed by atoms with Crippen molar-refractivity contribution >= 4 is 23.6 Å². The van der Waals surface area contributed by atoms with Crippen LogP contribution in [0.4, 0.5) is 4.39 Å². The number of carbonyl (C=O) groups excluding carboxylic acids is 2. The number of aryl methyl sites for hydroxylation is 1. The number of carbonyl (C=O) groups is 2. The van der Waals surface area contributed by atoms with Crippen LogP contribution < -0.4 is 0 Å². The van der Waals surface area contributed by atoms with Gasteiger partial charge in [-0.1, -0.05) is 31.2 Å². The first-order chi connectivity index (χ1) is 16.0. The third-order valence-corrected chi connectivity index (χ3v) is 6.83. The molecule has 1 aliphatic heterocycles. The molecule has 0 saturated carbocycles. The Kier molecular flexibility index (Phi) is 7.40. The second kappa shape index (κ2) is 10.6. The van der Waals surface area contributed by atoms with E-state index in [4.69, 9.17) is 0 Å². The molecule has 0 unspecified atom stereocenters. The molecule has 1 aliphatic rings. The van der Waals surface area contributed by atoms with E-state index in [1.54, 1.807) is 40.3 Å². The summed E-state index contributed by atoms with van der Waals surface area (Å²) in [4.78, 5) is 34.0. The first kappa shape index (κ1) is 23.0. The lowest BCUT2D eigenvalue weighted by molar-refractivity contribution is 0.0533. The van der Waals surface area contributed by atoms with E-state index in [2.05, 4.69) is 11.9 Å². The predicted molar refractivity (Wildman–Crippen MR) is 128 cm³/mol. The third-order valence-electron chi connectivity index (χ3n) is 5.75. The zero-order valence-electron chi connectivity index (χ0n) is 18.5. The van der Waals surface area contributed by atoms with Crippen molar-refractivity contribution in [3.05, 3.63) is 94.9 Å². The molecule has 1 saturated heterocycles. The van der Waals surface area contributed by atoms with E-state index in [1.807, 2.05) is 24.3 Å². The number of pyridine rings is 1. The lowest BCUT2D eigenvalue weighted by Crippen LogP contribution is -2.50. The molecule has 2 aromatic carbocycles. The summed E-state index contributed by atoms with van der Waals surface area (Å²) < 4.78 is 13.1. The van der Waals surface area contributed by atoms with E-state index >= 15 is 0 Å². The standard InChI is InChI=1S/C26H26FN3O2S/c1-2-19-5-9-21(10-6-19)25(31)29-14-16-30(17-15-29)26(32)23-4-3-13-28-24(23)33-18-20-7-11-22(27)12-8-20/h3-13H,2,14-18H2,1H3. The van der Waals surface area contributed by atoms with Gasteiger partial charge < -0.3 is 9.80 Å². The molecule has 0 radical (unpaired) electrons. The Morgan fingerprint density at radius 3 is 2.12 bits per heavy atom. The van der Waals surface area contributed by atoms with Gasteiger partial charge in [-0.25, -0.2) is 9.37 Å². The number of benzene rings is 2. The molecule has 4 rings (SSSR count). The topological polar surface area (TPSA) is 53.5 Å². The van der Waals surface area contributed by atoms with Crippen molar-refractivity contribution in [2.75, 3.05) is 26.2 Å².